The van der Waals surface area contributed by atoms with Crippen LogP contribution in [-0.2, 0) is 6.54 Å². The second-order valence-electron chi connectivity index (χ2n) is 4.30. The molecule has 0 aromatic carbocycles. The average Bonchev–Trinajstić information content (AvgIpc) is 3.07. The highest BCUT2D eigenvalue weighted by Crippen LogP contribution is 2.27. The lowest BCUT2D eigenvalue weighted by atomic mass is 10.3. The minimum atomic E-state index is 0.550. The van der Waals surface area contributed by atoms with Gasteiger partial charge in [-0.25, -0.2) is 0 Å². The normalized spacial score (nSPS) is 15.1. The van der Waals surface area contributed by atoms with Gasteiger partial charge in [0, 0.05) is 6.20 Å². The molecule has 2 aromatic heterocycles. The molecular weight excluding hydrogens is 216 g/mol. The molecule has 0 bridgehead atoms. The van der Waals surface area contributed by atoms with E-state index in [1.54, 1.807) is 6.20 Å². The number of hydrogen-bond donors (Lipinski definition) is 1. The Labute approximate surface area is 99.3 Å². The molecule has 3 rings (SSSR count). The zero-order valence-corrected chi connectivity index (χ0v) is 9.47. The van der Waals surface area contributed by atoms with Crippen molar-refractivity contribution >= 4 is 0 Å². The van der Waals surface area contributed by atoms with Gasteiger partial charge in [-0.05, 0) is 37.4 Å². The molecule has 1 N–H and O–H groups in total. The molecule has 1 aliphatic carbocycles. The second kappa shape index (κ2) is 4.63. The number of nitrogens with zero attached hydrogens (tertiary/aromatic N) is 3. The third-order valence-electron chi connectivity index (χ3n) is 2.77. The monoisotopic (exact) mass is 230 g/mol. The van der Waals surface area contributed by atoms with Crippen molar-refractivity contribution in [1.82, 2.24) is 20.4 Å². The summed E-state index contributed by atoms with van der Waals surface area (Å²) in [6, 6.07) is 5.64. The van der Waals surface area contributed by atoms with E-state index in [-0.39, 0.29) is 0 Å². The standard InChI is InChI=1S/C12H14N4O/c1-2-6-14-10(3-1)12-15-11(17-16-12)8-13-7-9-4-5-9/h1-3,6,9,13H,4-5,7-8H2. The Kier molecular flexibility index (Phi) is 2.83. The molecule has 0 unspecified atom stereocenters. The summed E-state index contributed by atoms with van der Waals surface area (Å²) in [5, 5.41) is 7.22. The third-order valence-corrected chi connectivity index (χ3v) is 2.77. The van der Waals surface area contributed by atoms with E-state index < -0.39 is 0 Å². The highest BCUT2D eigenvalue weighted by Gasteiger charge is 2.20. The highest BCUT2D eigenvalue weighted by atomic mass is 16.5. The Morgan fingerprint density at radius 3 is 3.06 bits per heavy atom. The smallest absolute Gasteiger partial charge is 0.240 e. The molecule has 5 heteroatoms. The van der Waals surface area contributed by atoms with Gasteiger partial charge in [0.25, 0.3) is 0 Å². The predicted molar refractivity (Wildman–Crippen MR) is 62.0 cm³/mol. The highest BCUT2D eigenvalue weighted by molar-refractivity contribution is 5.46. The summed E-state index contributed by atoms with van der Waals surface area (Å²) in [6.45, 7) is 1.68. The van der Waals surface area contributed by atoms with Crippen molar-refractivity contribution in [1.29, 1.82) is 0 Å². The first-order valence-electron chi connectivity index (χ1n) is 5.86. The van der Waals surface area contributed by atoms with Crippen LogP contribution in [0.4, 0.5) is 0 Å². The molecular formula is C12H14N4O. The van der Waals surface area contributed by atoms with Gasteiger partial charge in [0.15, 0.2) is 0 Å². The molecule has 5 nitrogen and oxygen atoms in total. The summed E-state index contributed by atoms with van der Waals surface area (Å²) in [5.74, 6) is 2.02. The zero-order chi connectivity index (χ0) is 11.5. The molecule has 2 aromatic rings. The van der Waals surface area contributed by atoms with Gasteiger partial charge in [-0.2, -0.15) is 4.98 Å². The molecule has 0 atom stereocenters. The Hall–Kier alpha value is -1.75. The van der Waals surface area contributed by atoms with Gasteiger partial charge in [0.2, 0.25) is 11.7 Å². The maximum atomic E-state index is 5.16. The maximum Gasteiger partial charge on any atom is 0.240 e. The molecule has 0 saturated heterocycles. The van der Waals surface area contributed by atoms with Crippen molar-refractivity contribution in [3.05, 3.63) is 30.3 Å². The molecule has 0 amide bonds. The van der Waals surface area contributed by atoms with E-state index in [2.05, 4.69) is 20.4 Å². The lowest BCUT2D eigenvalue weighted by molar-refractivity contribution is 0.367. The van der Waals surface area contributed by atoms with Crippen LogP contribution in [-0.4, -0.2) is 21.7 Å². The van der Waals surface area contributed by atoms with Crippen molar-refractivity contribution < 1.29 is 4.52 Å². The average molecular weight is 230 g/mol. The van der Waals surface area contributed by atoms with E-state index in [0.717, 1.165) is 18.2 Å². The lowest BCUT2D eigenvalue weighted by Crippen LogP contribution is -2.16. The van der Waals surface area contributed by atoms with Crippen LogP contribution in [0.25, 0.3) is 11.5 Å². The number of nitrogens with one attached hydrogen (secondary N) is 1. The van der Waals surface area contributed by atoms with Crippen molar-refractivity contribution in [3.8, 4) is 11.5 Å². The Balaban J connectivity index is 1.61. The quantitative estimate of drug-likeness (QED) is 0.845. The van der Waals surface area contributed by atoms with E-state index in [9.17, 15) is 0 Å². The fourth-order valence-corrected chi connectivity index (χ4v) is 1.63. The van der Waals surface area contributed by atoms with Crippen molar-refractivity contribution in [2.75, 3.05) is 6.54 Å². The predicted octanol–water partition coefficient (Wildman–Crippen LogP) is 1.63. The van der Waals surface area contributed by atoms with Crippen molar-refractivity contribution in [3.63, 3.8) is 0 Å². The van der Waals surface area contributed by atoms with Gasteiger partial charge in [0.05, 0.1) is 6.54 Å². The van der Waals surface area contributed by atoms with Gasteiger partial charge >= 0.3 is 0 Å². The first-order valence-corrected chi connectivity index (χ1v) is 5.86. The van der Waals surface area contributed by atoms with E-state index >= 15 is 0 Å². The molecule has 2 heterocycles. The molecule has 1 saturated carbocycles. The SMILES string of the molecule is c1ccc(-c2noc(CNCC3CC3)n2)nc1. The van der Waals surface area contributed by atoms with Gasteiger partial charge in [-0.1, -0.05) is 11.2 Å². The van der Waals surface area contributed by atoms with E-state index in [0.29, 0.717) is 18.3 Å². The van der Waals surface area contributed by atoms with E-state index in [4.69, 9.17) is 4.52 Å². The molecule has 1 aliphatic rings. The minimum absolute atomic E-state index is 0.550. The molecule has 0 spiro atoms. The molecule has 17 heavy (non-hydrogen) atoms. The van der Waals surface area contributed by atoms with Crippen LogP contribution in [0, 0.1) is 5.92 Å². The largest absolute Gasteiger partial charge is 0.337 e. The summed E-state index contributed by atoms with van der Waals surface area (Å²) in [5.41, 5.74) is 0.740. The molecule has 0 aliphatic heterocycles. The Morgan fingerprint density at radius 1 is 1.35 bits per heavy atom. The second-order valence-corrected chi connectivity index (χ2v) is 4.30. The van der Waals surface area contributed by atoms with Crippen LogP contribution < -0.4 is 5.32 Å². The summed E-state index contributed by atoms with van der Waals surface area (Å²) in [4.78, 5) is 8.47. The first kappa shape index (κ1) is 10.4. The van der Waals surface area contributed by atoms with Gasteiger partial charge in [-0.15, -0.1) is 0 Å². The topological polar surface area (TPSA) is 63.8 Å². The lowest BCUT2D eigenvalue weighted by Gasteiger charge is -1.97. The van der Waals surface area contributed by atoms with Crippen molar-refractivity contribution in [2.24, 2.45) is 5.92 Å². The summed E-state index contributed by atoms with van der Waals surface area (Å²) >= 11 is 0. The van der Waals surface area contributed by atoms with E-state index in [1.807, 2.05) is 18.2 Å². The van der Waals surface area contributed by atoms with Crippen LogP contribution in [0.1, 0.15) is 18.7 Å². The summed E-state index contributed by atoms with van der Waals surface area (Å²) < 4.78 is 5.16. The van der Waals surface area contributed by atoms with Gasteiger partial charge in [-0.3, -0.25) is 4.98 Å². The fraction of sp³-hybridized carbons (Fsp3) is 0.417. The summed E-state index contributed by atoms with van der Waals surface area (Å²) in [6.07, 6.45) is 4.41. The fourth-order valence-electron chi connectivity index (χ4n) is 1.63. The molecule has 0 radical (unpaired) electrons. The van der Waals surface area contributed by atoms with Crippen LogP contribution in [0.3, 0.4) is 0 Å². The van der Waals surface area contributed by atoms with E-state index in [1.165, 1.54) is 12.8 Å². The first-order chi connectivity index (χ1) is 8.42. The maximum absolute atomic E-state index is 5.16. The number of aromatic nitrogens is 3. The van der Waals surface area contributed by atoms with Crippen LogP contribution in [0.2, 0.25) is 0 Å². The minimum Gasteiger partial charge on any atom is -0.337 e. The summed E-state index contributed by atoms with van der Waals surface area (Å²) in [7, 11) is 0. The van der Waals surface area contributed by atoms with Crippen molar-refractivity contribution in [2.45, 2.75) is 19.4 Å². The molecule has 1 fully saturated rings. The van der Waals surface area contributed by atoms with Crippen LogP contribution in [0.5, 0.6) is 0 Å². The van der Waals surface area contributed by atoms with Crippen LogP contribution in [0.15, 0.2) is 28.9 Å². The zero-order valence-electron chi connectivity index (χ0n) is 9.47. The molecule has 88 valence electrons. The Bertz CT molecular complexity index is 478. The van der Waals surface area contributed by atoms with Crippen LogP contribution >= 0.6 is 0 Å². The Morgan fingerprint density at radius 2 is 2.29 bits per heavy atom. The number of pyridine rings is 1. The van der Waals surface area contributed by atoms with Gasteiger partial charge in [0.1, 0.15) is 5.69 Å². The number of rotatable bonds is 5. The van der Waals surface area contributed by atoms with Gasteiger partial charge < -0.3 is 9.84 Å². The number of hydrogen-bond acceptors (Lipinski definition) is 5. The third kappa shape index (κ3) is 2.68.